The summed E-state index contributed by atoms with van der Waals surface area (Å²) in [5.74, 6) is 1.26. The fraction of sp³-hybridized carbons (Fsp3) is 0.364. The fourth-order valence-electron chi connectivity index (χ4n) is 3.46. The summed E-state index contributed by atoms with van der Waals surface area (Å²) in [5, 5.41) is 2.84. The van der Waals surface area contributed by atoms with Crippen molar-refractivity contribution in [2.75, 3.05) is 64.8 Å². The van der Waals surface area contributed by atoms with Gasteiger partial charge in [0.25, 0.3) is 0 Å². The maximum atomic E-state index is 12.7. The number of carbonyl (C=O) groups excluding carboxylic acids is 2. The molecule has 31 heavy (non-hydrogen) atoms. The zero-order valence-electron chi connectivity index (χ0n) is 18.1. The Hall–Kier alpha value is -3.62. The van der Waals surface area contributed by atoms with Gasteiger partial charge in [-0.25, -0.2) is 9.59 Å². The lowest BCUT2D eigenvalue weighted by Gasteiger charge is -2.36. The van der Waals surface area contributed by atoms with Crippen molar-refractivity contribution in [1.29, 1.82) is 0 Å². The maximum Gasteiger partial charge on any atom is 0.337 e. The van der Waals surface area contributed by atoms with Crippen molar-refractivity contribution < 1.29 is 28.5 Å². The molecular formula is C22H27N3O6. The van der Waals surface area contributed by atoms with E-state index in [2.05, 4.69) is 10.2 Å². The van der Waals surface area contributed by atoms with Gasteiger partial charge in [0, 0.05) is 49.7 Å². The minimum absolute atomic E-state index is 0.216. The van der Waals surface area contributed by atoms with Crippen LogP contribution in [0, 0.1) is 0 Å². The molecule has 0 aromatic heterocycles. The van der Waals surface area contributed by atoms with Gasteiger partial charge >= 0.3 is 12.0 Å². The number of methoxy groups -OCH3 is 4. The van der Waals surface area contributed by atoms with E-state index >= 15 is 0 Å². The summed E-state index contributed by atoms with van der Waals surface area (Å²) < 4.78 is 21.0. The third-order valence-electron chi connectivity index (χ3n) is 5.12. The summed E-state index contributed by atoms with van der Waals surface area (Å²) in [5.41, 5.74) is 1.85. The predicted molar refractivity (Wildman–Crippen MR) is 117 cm³/mol. The van der Waals surface area contributed by atoms with Crippen LogP contribution in [0.5, 0.6) is 17.2 Å². The number of nitrogens with zero attached hydrogens (tertiary/aromatic N) is 2. The van der Waals surface area contributed by atoms with Crippen LogP contribution in [-0.4, -0.2) is 71.5 Å². The molecule has 2 aromatic carbocycles. The first-order valence-electron chi connectivity index (χ1n) is 9.80. The first-order chi connectivity index (χ1) is 15.0. The third kappa shape index (κ3) is 4.93. The quantitative estimate of drug-likeness (QED) is 0.706. The minimum atomic E-state index is -0.449. The van der Waals surface area contributed by atoms with Crippen LogP contribution >= 0.6 is 0 Å². The number of carbonyl (C=O) groups is 2. The molecule has 166 valence electrons. The van der Waals surface area contributed by atoms with Gasteiger partial charge < -0.3 is 34.1 Å². The monoisotopic (exact) mass is 429 g/mol. The Morgan fingerprint density at radius 2 is 1.52 bits per heavy atom. The highest BCUT2D eigenvalue weighted by Gasteiger charge is 2.24. The molecule has 1 N–H and O–H groups in total. The Balaban J connectivity index is 1.64. The molecule has 9 nitrogen and oxygen atoms in total. The number of rotatable bonds is 6. The summed E-state index contributed by atoms with van der Waals surface area (Å²) in [6.45, 7) is 2.38. The number of hydrogen-bond donors (Lipinski definition) is 1. The molecule has 0 atom stereocenters. The van der Waals surface area contributed by atoms with Crippen LogP contribution in [0.2, 0.25) is 0 Å². The van der Waals surface area contributed by atoms with E-state index in [4.69, 9.17) is 18.9 Å². The second kappa shape index (κ2) is 9.92. The number of esters is 1. The Morgan fingerprint density at radius 1 is 0.871 bits per heavy atom. The molecule has 0 spiro atoms. The van der Waals surface area contributed by atoms with Crippen LogP contribution in [-0.2, 0) is 4.74 Å². The smallest absolute Gasteiger partial charge is 0.337 e. The summed E-state index contributed by atoms with van der Waals surface area (Å²) in [4.78, 5) is 28.2. The van der Waals surface area contributed by atoms with E-state index in [0.29, 0.717) is 54.7 Å². The van der Waals surface area contributed by atoms with Gasteiger partial charge in [0.1, 0.15) is 0 Å². The zero-order valence-corrected chi connectivity index (χ0v) is 18.1. The molecule has 1 aliphatic rings. The lowest BCUT2D eigenvalue weighted by atomic mass is 10.2. The van der Waals surface area contributed by atoms with Crippen molar-refractivity contribution in [3.8, 4) is 17.2 Å². The molecular weight excluding hydrogens is 402 g/mol. The van der Waals surface area contributed by atoms with Gasteiger partial charge in [0.05, 0.1) is 34.0 Å². The van der Waals surface area contributed by atoms with E-state index < -0.39 is 5.97 Å². The van der Waals surface area contributed by atoms with Gasteiger partial charge in [-0.3, -0.25) is 0 Å². The van der Waals surface area contributed by atoms with E-state index in [1.165, 1.54) is 7.11 Å². The highest BCUT2D eigenvalue weighted by atomic mass is 16.5. The number of nitrogens with one attached hydrogen (secondary N) is 1. The van der Waals surface area contributed by atoms with Crippen LogP contribution in [0.3, 0.4) is 0 Å². The first-order valence-corrected chi connectivity index (χ1v) is 9.80. The summed E-state index contributed by atoms with van der Waals surface area (Å²) in [6.07, 6.45) is 0. The largest absolute Gasteiger partial charge is 0.493 e. The maximum absolute atomic E-state index is 12.7. The number of amides is 2. The average molecular weight is 429 g/mol. The Bertz CT molecular complexity index is 916. The molecule has 0 bridgehead atoms. The van der Waals surface area contributed by atoms with Gasteiger partial charge in [0.2, 0.25) is 5.75 Å². The minimum Gasteiger partial charge on any atom is -0.493 e. The Labute approximate surface area is 181 Å². The van der Waals surface area contributed by atoms with Gasteiger partial charge in [-0.2, -0.15) is 0 Å². The number of piperazine rings is 1. The van der Waals surface area contributed by atoms with E-state index in [1.54, 1.807) is 50.5 Å². The SMILES string of the molecule is COC(=O)c1cccc(NC(=O)N2CCN(c3cc(OC)c(OC)c(OC)c3)CC2)c1. The third-order valence-corrected chi connectivity index (χ3v) is 5.12. The van der Waals surface area contributed by atoms with Crippen molar-refractivity contribution in [3.05, 3.63) is 42.0 Å². The summed E-state index contributed by atoms with van der Waals surface area (Å²) >= 11 is 0. The Kier molecular flexibility index (Phi) is 7.07. The molecule has 0 radical (unpaired) electrons. The normalized spacial score (nSPS) is 13.4. The predicted octanol–water partition coefficient (Wildman–Crippen LogP) is 2.85. The highest BCUT2D eigenvalue weighted by Crippen LogP contribution is 2.41. The summed E-state index contributed by atoms with van der Waals surface area (Å²) in [7, 11) is 6.05. The van der Waals surface area contributed by atoms with Crippen molar-refractivity contribution in [1.82, 2.24) is 4.90 Å². The molecule has 9 heteroatoms. The molecule has 2 aromatic rings. The van der Waals surface area contributed by atoms with Crippen molar-refractivity contribution in [2.45, 2.75) is 0 Å². The molecule has 2 amide bonds. The van der Waals surface area contributed by atoms with Gasteiger partial charge in [-0.15, -0.1) is 0 Å². The fourth-order valence-corrected chi connectivity index (χ4v) is 3.46. The first kappa shape index (κ1) is 22.1. The van der Waals surface area contributed by atoms with E-state index in [0.717, 1.165) is 5.69 Å². The van der Waals surface area contributed by atoms with E-state index in [9.17, 15) is 9.59 Å². The van der Waals surface area contributed by atoms with E-state index in [-0.39, 0.29) is 6.03 Å². The lowest BCUT2D eigenvalue weighted by Crippen LogP contribution is -2.50. The Morgan fingerprint density at radius 3 is 2.06 bits per heavy atom. The van der Waals surface area contributed by atoms with Gasteiger partial charge in [-0.05, 0) is 18.2 Å². The molecule has 1 fully saturated rings. The average Bonchev–Trinajstić information content (AvgIpc) is 2.82. The summed E-state index contributed by atoms with van der Waals surface area (Å²) in [6, 6.07) is 10.2. The van der Waals surface area contributed by atoms with Crippen LogP contribution < -0.4 is 24.4 Å². The number of anilines is 2. The number of benzene rings is 2. The molecule has 0 unspecified atom stereocenters. The molecule has 0 aliphatic carbocycles. The second-order valence-corrected chi connectivity index (χ2v) is 6.86. The highest BCUT2D eigenvalue weighted by molar-refractivity contribution is 5.94. The van der Waals surface area contributed by atoms with Gasteiger partial charge in [-0.1, -0.05) is 6.07 Å². The van der Waals surface area contributed by atoms with E-state index in [1.807, 2.05) is 12.1 Å². The lowest BCUT2D eigenvalue weighted by molar-refractivity contribution is 0.0600. The zero-order chi connectivity index (χ0) is 22.4. The van der Waals surface area contributed by atoms with Crippen LogP contribution in [0.4, 0.5) is 16.2 Å². The van der Waals surface area contributed by atoms with Crippen molar-refractivity contribution in [3.63, 3.8) is 0 Å². The second-order valence-electron chi connectivity index (χ2n) is 6.86. The molecule has 3 rings (SSSR count). The molecule has 1 aliphatic heterocycles. The van der Waals surface area contributed by atoms with Crippen molar-refractivity contribution >= 4 is 23.4 Å². The molecule has 1 saturated heterocycles. The van der Waals surface area contributed by atoms with Gasteiger partial charge in [0.15, 0.2) is 11.5 Å². The van der Waals surface area contributed by atoms with Crippen molar-refractivity contribution in [2.24, 2.45) is 0 Å². The standard InChI is InChI=1S/C22H27N3O6/c1-28-18-13-17(14-19(29-2)20(18)30-3)24-8-10-25(11-9-24)22(27)23-16-7-5-6-15(12-16)21(26)31-4/h5-7,12-14H,8-11H2,1-4H3,(H,23,27). The van der Waals surface area contributed by atoms with Crippen LogP contribution in [0.25, 0.3) is 0 Å². The topological polar surface area (TPSA) is 89.6 Å². The van der Waals surface area contributed by atoms with Crippen LogP contribution in [0.15, 0.2) is 36.4 Å². The van der Waals surface area contributed by atoms with Crippen LogP contribution in [0.1, 0.15) is 10.4 Å². The number of ether oxygens (including phenoxy) is 4. The molecule has 0 saturated carbocycles. The number of urea groups is 1. The number of hydrogen-bond acceptors (Lipinski definition) is 7. The molecule has 1 heterocycles.